The standard InChI is InChI=1S/C24H29N3O3/c1-5-27-15-23(18(4)26-27)17(3)25-24(28)20-9-7-8-19(14-20)16-30-22-12-10-21(11-13-22)29-6-2/h7-15,17H,5-6,16H2,1-4H3,(H,25,28). The third-order valence-corrected chi connectivity index (χ3v) is 4.85. The summed E-state index contributed by atoms with van der Waals surface area (Å²) in [5, 5.41) is 7.52. The Morgan fingerprint density at radius 2 is 1.80 bits per heavy atom. The average Bonchev–Trinajstić information content (AvgIpc) is 3.14. The second-order valence-electron chi connectivity index (χ2n) is 7.11. The van der Waals surface area contributed by atoms with E-state index >= 15 is 0 Å². The Kier molecular flexibility index (Phi) is 7.12. The number of hydrogen-bond acceptors (Lipinski definition) is 4. The van der Waals surface area contributed by atoms with E-state index in [0.717, 1.165) is 34.9 Å². The highest BCUT2D eigenvalue weighted by molar-refractivity contribution is 5.94. The minimum absolute atomic E-state index is 0.117. The first-order valence-electron chi connectivity index (χ1n) is 10.3. The number of amides is 1. The maximum atomic E-state index is 12.7. The summed E-state index contributed by atoms with van der Waals surface area (Å²) in [6.07, 6.45) is 1.99. The maximum absolute atomic E-state index is 12.7. The first-order chi connectivity index (χ1) is 14.5. The quantitative estimate of drug-likeness (QED) is 0.559. The molecule has 1 amide bonds. The van der Waals surface area contributed by atoms with E-state index in [2.05, 4.69) is 10.4 Å². The molecule has 3 rings (SSSR count). The van der Waals surface area contributed by atoms with Gasteiger partial charge in [0.05, 0.1) is 18.3 Å². The third kappa shape index (κ3) is 5.41. The zero-order valence-corrected chi connectivity index (χ0v) is 18.0. The zero-order valence-electron chi connectivity index (χ0n) is 18.0. The largest absolute Gasteiger partial charge is 0.494 e. The highest BCUT2D eigenvalue weighted by Crippen LogP contribution is 2.20. The fourth-order valence-electron chi connectivity index (χ4n) is 3.25. The smallest absolute Gasteiger partial charge is 0.251 e. The van der Waals surface area contributed by atoms with Crippen molar-refractivity contribution in [2.75, 3.05) is 6.61 Å². The molecule has 1 unspecified atom stereocenters. The molecule has 2 aromatic carbocycles. The Labute approximate surface area is 177 Å². The Morgan fingerprint density at radius 1 is 1.10 bits per heavy atom. The summed E-state index contributed by atoms with van der Waals surface area (Å²) in [4.78, 5) is 12.7. The van der Waals surface area contributed by atoms with Gasteiger partial charge in [0.25, 0.3) is 5.91 Å². The Morgan fingerprint density at radius 3 is 2.43 bits per heavy atom. The zero-order chi connectivity index (χ0) is 21.5. The molecule has 0 spiro atoms. The van der Waals surface area contributed by atoms with Crippen LogP contribution in [0.1, 0.15) is 54.0 Å². The fraction of sp³-hybridized carbons (Fsp3) is 0.333. The van der Waals surface area contributed by atoms with Crippen LogP contribution in [0.3, 0.4) is 0 Å². The van der Waals surface area contributed by atoms with E-state index in [1.165, 1.54) is 0 Å². The van der Waals surface area contributed by atoms with E-state index in [-0.39, 0.29) is 11.9 Å². The fourth-order valence-corrected chi connectivity index (χ4v) is 3.25. The van der Waals surface area contributed by atoms with E-state index in [4.69, 9.17) is 9.47 Å². The van der Waals surface area contributed by atoms with Crippen molar-refractivity contribution in [3.63, 3.8) is 0 Å². The number of benzene rings is 2. The maximum Gasteiger partial charge on any atom is 0.251 e. The van der Waals surface area contributed by atoms with Crippen LogP contribution in [-0.2, 0) is 13.2 Å². The molecule has 0 aliphatic heterocycles. The number of nitrogens with zero attached hydrogens (tertiary/aromatic N) is 2. The predicted molar refractivity (Wildman–Crippen MR) is 117 cm³/mol. The summed E-state index contributed by atoms with van der Waals surface area (Å²) < 4.78 is 13.2. The van der Waals surface area contributed by atoms with Crippen LogP contribution < -0.4 is 14.8 Å². The van der Waals surface area contributed by atoms with Crippen molar-refractivity contribution >= 4 is 5.91 Å². The van der Waals surface area contributed by atoms with Gasteiger partial charge in [0.1, 0.15) is 18.1 Å². The molecule has 158 valence electrons. The Hall–Kier alpha value is -3.28. The molecule has 6 heteroatoms. The molecule has 6 nitrogen and oxygen atoms in total. The highest BCUT2D eigenvalue weighted by Gasteiger charge is 2.16. The van der Waals surface area contributed by atoms with Gasteiger partial charge in [0, 0.05) is 23.9 Å². The minimum Gasteiger partial charge on any atom is -0.494 e. The van der Waals surface area contributed by atoms with Gasteiger partial charge in [-0.2, -0.15) is 5.10 Å². The van der Waals surface area contributed by atoms with Gasteiger partial charge in [-0.3, -0.25) is 9.48 Å². The molecule has 1 atom stereocenters. The number of aryl methyl sites for hydroxylation is 2. The topological polar surface area (TPSA) is 65.4 Å². The number of carbonyl (C=O) groups is 1. The molecular formula is C24H29N3O3. The molecule has 3 aromatic rings. The number of carbonyl (C=O) groups excluding carboxylic acids is 1. The van der Waals surface area contributed by atoms with E-state index in [9.17, 15) is 4.79 Å². The lowest BCUT2D eigenvalue weighted by molar-refractivity contribution is 0.0939. The normalized spacial score (nSPS) is 11.7. The summed E-state index contributed by atoms with van der Waals surface area (Å²) in [7, 11) is 0. The first kappa shape index (κ1) is 21.4. The van der Waals surface area contributed by atoms with Gasteiger partial charge in [-0.15, -0.1) is 0 Å². The molecule has 0 saturated carbocycles. The lowest BCUT2D eigenvalue weighted by Crippen LogP contribution is -2.27. The van der Waals surface area contributed by atoms with Crippen LogP contribution >= 0.6 is 0 Å². The van der Waals surface area contributed by atoms with Crippen LogP contribution in [0.15, 0.2) is 54.7 Å². The summed E-state index contributed by atoms with van der Waals surface area (Å²) >= 11 is 0. The first-order valence-corrected chi connectivity index (χ1v) is 10.3. The molecule has 1 aromatic heterocycles. The van der Waals surface area contributed by atoms with Crippen LogP contribution in [0, 0.1) is 6.92 Å². The molecule has 1 heterocycles. The molecule has 1 N–H and O–H groups in total. The lowest BCUT2D eigenvalue weighted by atomic mass is 10.1. The van der Waals surface area contributed by atoms with Crippen LogP contribution in [0.4, 0.5) is 0 Å². The Bertz CT molecular complexity index is 980. The van der Waals surface area contributed by atoms with E-state index in [1.54, 1.807) is 0 Å². The van der Waals surface area contributed by atoms with Gasteiger partial charge in [-0.05, 0) is 69.7 Å². The molecular weight excluding hydrogens is 378 g/mol. The molecule has 0 fully saturated rings. The second kappa shape index (κ2) is 9.96. The van der Waals surface area contributed by atoms with Gasteiger partial charge in [-0.1, -0.05) is 12.1 Å². The van der Waals surface area contributed by atoms with Gasteiger partial charge in [0.2, 0.25) is 0 Å². The van der Waals surface area contributed by atoms with E-state index in [0.29, 0.717) is 18.8 Å². The van der Waals surface area contributed by atoms with Crippen LogP contribution in [0.25, 0.3) is 0 Å². The summed E-state index contributed by atoms with van der Waals surface area (Å²) in [6.45, 7) is 9.75. The molecule has 0 aliphatic carbocycles. The van der Waals surface area contributed by atoms with E-state index < -0.39 is 0 Å². The molecule has 0 saturated heterocycles. The van der Waals surface area contributed by atoms with Crippen molar-refractivity contribution in [3.8, 4) is 11.5 Å². The van der Waals surface area contributed by atoms with Crippen molar-refractivity contribution in [2.24, 2.45) is 0 Å². The number of aromatic nitrogens is 2. The summed E-state index contributed by atoms with van der Waals surface area (Å²) in [5.41, 5.74) is 3.50. The SMILES string of the molecule is CCOc1ccc(OCc2cccc(C(=O)NC(C)c3cn(CC)nc3C)c2)cc1. The Balaban J connectivity index is 1.61. The number of nitrogens with one attached hydrogen (secondary N) is 1. The van der Waals surface area contributed by atoms with Crippen LogP contribution in [0.5, 0.6) is 11.5 Å². The minimum atomic E-state index is -0.124. The molecule has 0 radical (unpaired) electrons. The van der Waals surface area contributed by atoms with Crippen molar-refractivity contribution in [1.29, 1.82) is 0 Å². The van der Waals surface area contributed by atoms with Crippen molar-refractivity contribution in [2.45, 2.75) is 46.9 Å². The summed E-state index contributed by atoms with van der Waals surface area (Å²) in [5.74, 6) is 1.46. The third-order valence-electron chi connectivity index (χ3n) is 4.85. The lowest BCUT2D eigenvalue weighted by Gasteiger charge is -2.14. The van der Waals surface area contributed by atoms with Crippen molar-refractivity contribution in [3.05, 3.63) is 77.1 Å². The molecule has 0 aliphatic rings. The van der Waals surface area contributed by atoms with Gasteiger partial charge in [-0.25, -0.2) is 0 Å². The van der Waals surface area contributed by atoms with Crippen molar-refractivity contribution in [1.82, 2.24) is 15.1 Å². The molecule has 0 bridgehead atoms. The van der Waals surface area contributed by atoms with Crippen molar-refractivity contribution < 1.29 is 14.3 Å². The molecule has 30 heavy (non-hydrogen) atoms. The average molecular weight is 408 g/mol. The van der Waals surface area contributed by atoms with Crippen LogP contribution in [-0.4, -0.2) is 22.3 Å². The van der Waals surface area contributed by atoms with E-state index in [1.807, 2.05) is 87.1 Å². The van der Waals surface area contributed by atoms with Gasteiger partial charge >= 0.3 is 0 Å². The number of hydrogen-bond donors (Lipinski definition) is 1. The highest BCUT2D eigenvalue weighted by atomic mass is 16.5. The van der Waals surface area contributed by atoms with Crippen LogP contribution in [0.2, 0.25) is 0 Å². The summed E-state index contributed by atoms with van der Waals surface area (Å²) in [6, 6.07) is 14.9. The second-order valence-corrected chi connectivity index (χ2v) is 7.11. The predicted octanol–water partition coefficient (Wildman–Crippen LogP) is 4.68. The van der Waals surface area contributed by atoms with Gasteiger partial charge in [0.15, 0.2) is 0 Å². The monoisotopic (exact) mass is 407 g/mol. The number of ether oxygens (including phenoxy) is 2. The number of rotatable bonds is 9. The van der Waals surface area contributed by atoms with Gasteiger partial charge < -0.3 is 14.8 Å².